The van der Waals surface area contributed by atoms with E-state index >= 15 is 0 Å². The largest absolute Gasteiger partial charge is 0.480 e. The van der Waals surface area contributed by atoms with Crippen LogP contribution in [0.2, 0.25) is 0 Å². The quantitative estimate of drug-likeness (QED) is 0.110. The van der Waals surface area contributed by atoms with Crippen LogP contribution < -0.4 is 21.4 Å². The third-order valence-electron chi connectivity index (χ3n) is 5.52. The zero-order valence-corrected chi connectivity index (χ0v) is 19.4. The van der Waals surface area contributed by atoms with Gasteiger partial charge in [-0.25, -0.2) is 9.59 Å². The van der Waals surface area contributed by atoms with E-state index in [-0.39, 0.29) is 36.7 Å². The van der Waals surface area contributed by atoms with Gasteiger partial charge in [0.1, 0.15) is 12.1 Å². The fourth-order valence-electron chi connectivity index (χ4n) is 3.69. The molecule has 1 fully saturated rings. The van der Waals surface area contributed by atoms with E-state index in [9.17, 15) is 29.1 Å². The van der Waals surface area contributed by atoms with Crippen LogP contribution >= 0.6 is 11.8 Å². The molecular formula is C20H31N5O8S. The number of nitrogens with one attached hydrogen (secondary N) is 4. The summed E-state index contributed by atoms with van der Waals surface area (Å²) in [7, 11) is 0. The molecule has 13 nitrogen and oxygen atoms in total. The Hall–Kier alpha value is -2.71. The lowest BCUT2D eigenvalue weighted by molar-refractivity contribution is -0.143. The second kappa shape index (κ2) is 13.9. The molecule has 2 aliphatic rings. The number of carbonyl (C=O) groups excluding carboxylic acids is 3. The van der Waals surface area contributed by atoms with Crippen LogP contribution in [0.15, 0.2) is 4.99 Å². The lowest BCUT2D eigenvalue weighted by Crippen LogP contribution is -2.44. The summed E-state index contributed by atoms with van der Waals surface area (Å²) in [4.78, 5) is 61.7. The first-order chi connectivity index (χ1) is 16.2. The van der Waals surface area contributed by atoms with Gasteiger partial charge in [0.2, 0.25) is 11.8 Å². The fourth-order valence-corrected chi connectivity index (χ4v) is 5.09. The van der Waals surface area contributed by atoms with Crippen molar-refractivity contribution in [1.29, 1.82) is 0 Å². The molecule has 7 N–H and O–H groups in total. The summed E-state index contributed by atoms with van der Waals surface area (Å²) >= 11 is 1.72. The van der Waals surface area contributed by atoms with E-state index in [0.29, 0.717) is 19.3 Å². The van der Waals surface area contributed by atoms with E-state index in [1.54, 1.807) is 17.2 Å². The highest BCUT2D eigenvalue weighted by Crippen LogP contribution is 2.31. The predicted molar refractivity (Wildman–Crippen MR) is 122 cm³/mol. The Kier molecular flexibility index (Phi) is 11.2. The zero-order valence-electron chi connectivity index (χ0n) is 18.6. The molecule has 0 aromatic heterocycles. The number of hydrogen-bond donors (Lipinski definition) is 7. The molecule has 190 valence electrons. The molecule has 0 saturated carbocycles. The normalized spacial score (nSPS) is 20.6. The smallest absolute Gasteiger partial charge is 0.341 e. The van der Waals surface area contributed by atoms with Crippen molar-refractivity contribution in [1.82, 2.24) is 21.4 Å². The molecule has 1 unspecified atom stereocenters. The third-order valence-corrected chi connectivity index (χ3v) is 6.92. The Morgan fingerprint density at radius 2 is 1.79 bits per heavy atom. The van der Waals surface area contributed by atoms with Gasteiger partial charge in [-0.3, -0.25) is 14.4 Å². The third kappa shape index (κ3) is 8.91. The number of carboxylic acids is 2. The van der Waals surface area contributed by atoms with E-state index in [1.807, 2.05) is 0 Å². The highest BCUT2D eigenvalue weighted by Gasteiger charge is 2.37. The van der Waals surface area contributed by atoms with E-state index in [4.69, 9.17) is 10.3 Å². The van der Waals surface area contributed by atoms with Crippen LogP contribution in [0.5, 0.6) is 0 Å². The van der Waals surface area contributed by atoms with Crippen LogP contribution in [0.4, 0.5) is 4.79 Å². The minimum atomic E-state index is -1.35. The highest BCUT2D eigenvalue weighted by molar-refractivity contribution is 8.01. The van der Waals surface area contributed by atoms with Gasteiger partial charge >= 0.3 is 18.0 Å². The van der Waals surface area contributed by atoms with E-state index < -0.39 is 42.3 Å². The van der Waals surface area contributed by atoms with Crippen molar-refractivity contribution in [3.63, 3.8) is 0 Å². The van der Waals surface area contributed by atoms with Crippen LogP contribution in [0.3, 0.4) is 0 Å². The lowest BCUT2D eigenvalue weighted by Gasteiger charge is -2.15. The van der Waals surface area contributed by atoms with Crippen LogP contribution in [0.25, 0.3) is 0 Å². The molecule has 0 spiro atoms. The number of unbranched alkanes of at least 4 members (excludes halogenated alkanes) is 2. The van der Waals surface area contributed by atoms with Crippen molar-refractivity contribution in [2.45, 2.75) is 74.7 Å². The Bertz CT molecular complexity index is 808. The monoisotopic (exact) mass is 501 g/mol. The van der Waals surface area contributed by atoms with Crippen LogP contribution in [0, 0.1) is 0 Å². The van der Waals surface area contributed by atoms with Crippen molar-refractivity contribution in [3.05, 3.63) is 0 Å². The molecule has 0 radical (unpaired) electrons. The number of amides is 4. The predicted octanol–water partition coefficient (Wildman–Crippen LogP) is -0.127. The van der Waals surface area contributed by atoms with Gasteiger partial charge in [0.15, 0.2) is 0 Å². The number of carbonyl (C=O) groups is 5. The Morgan fingerprint density at radius 3 is 2.47 bits per heavy atom. The first-order valence-electron chi connectivity index (χ1n) is 11.1. The van der Waals surface area contributed by atoms with Crippen molar-refractivity contribution in [3.8, 4) is 0 Å². The first kappa shape index (κ1) is 27.5. The van der Waals surface area contributed by atoms with Crippen LogP contribution in [-0.2, 0) is 19.2 Å². The number of hydrogen-bond acceptors (Lipinski definition) is 8. The number of fused-ring (bicyclic) bond motifs is 1. The standard InChI is InChI=1S/C20H31N5O8S/c26-15(7-2-1-6-14-17-13(10-34-14)23-20(32)24-17)22-12(19(30)31)9-16(27)21-8-4-3-5-11(25-33)18(28)29/h11-14,25,33H,1-10H2,(H,21,27)(H,22,26)(H,23,32)(H,28,29)(H,30,31)/t11-,12+,13?,14-/m0/s1. The second-order valence-electron chi connectivity index (χ2n) is 8.13. The number of hydroxylamine groups is 1. The van der Waals surface area contributed by atoms with Crippen molar-refractivity contribution in [2.24, 2.45) is 4.99 Å². The first-order valence-corrected chi connectivity index (χ1v) is 12.2. The Balaban J connectivity index is 1.61. The van der Waals surface area contributed by atoms with E-state index in [0.717, 1.165) is 24.3 Å². The number of carboxylic acid groups (broad SMARTS) is 2. The van der Waals surface area contributed by atoms with Crippen LogP contribution in [-0.4, -0.2) is 86.6 Å². The van der Waals surface area contributed by atoms with Crippen molar-refractivity contribution < 1.29 is 39.4 Å². The zero-order chi connectivity index (χ0) is 25.1. The minimum absolute atomic E-state index is 0.00692. The molecule has 4 amide bonds. The molecule has 2 rings (SSSR count). The summed E-state index contributed by atoms with van der Waals surface area (Å²) in [5.41, 5.74) is 2.55. The van der Waals surface area contributed by atoms with Gasteiger partial charge < -0.3 is 31.4 Å². The van der Waals surface area contributed by atoms with E-state index in [1.165, 1.54) is 0 Å². The average Bonchev–Trinajstić information content (AvgIpc) is 3.32. The average molecular weight is 502 g/mol. The molecule has 0 bridgehead atoms. The fraction of sp³-hybridized carbons (Fsp3) is 0.700. The minimum Gasteiger partial charge on any atom is -0.480 e. The molecule has 4 atom stereocenters. The number of aliphatic imine (C=N–C) groups is 1. The lowest BCUT2D eigenvalue weighted by atomic mass is 10.1. The number of nitrogens with zero attached hydrogens (tertiary/aromatic N) is 1. The second-order valence-corrected chi connectivity index (χ2v) is 9.37. The SMILES string of the molecule is O=C(C[C@@H](NC(=O)CCCC[C@@H]1SCC2NC(=O)N=C21)C(=O)O)NCCCC[C@H](NO)C(=O)O. The Labute approximate surface area is 200 Å². The maximum atomic E-state index is 12.1. The number of urea groups is 1. The van der Waals surface area contributed by atoms with Gasteiger partial charge in [-0.05, 0) is 32.1 Å². The molecule has 1 saturated heterocycles. The van der Waals surface area contributed by atoms with Gasteiger partial charge in [0, 0.05) is 24.0 Å². The van der Waals surface area contributed by atoms with Gasteiger partial charge in [-0.15, -0.1) is 11.8 Å². The van der Waals surface area contributed by atoms with Crippen LogP contribution in [0.1, 0.15) is 51.4 Å². The molecule has 34 heavy (non-hydrogen) atoms. The molecule has 2 heterocycles. The van der Waals surface area contributed by atoms with Gasteiger partial charge in [0.25, 0.3) is 0 Å². The summed E-state index contributed by atoms with van der Waals surface area (Å²) in [6.45, 7) is 0.212. The maximum absolute atomic E-state index is 12.1. The molecule has 0 aromatic rings. The molecular weight excluding hydrogens is 470 g/mol. The summed E-state index contributed by atoms with van der Waals surface area (Å²) in [5.74, 6) is -2.71. The molecule has 14 heteroatoms. The van der Waals surface area contributed by atoms with E-state index in [2.05, 4.69) is 20.9 Å². The van der Waals surface area contributed by atoms with Gasteiger partial charge in [0.05, 0.1) is 18.2 Å². The van der Waals surface area contributed by atoms with Gasteiger partial charge in [-0.2, -0.15) is 10.5 Å². The molecule has 2 aliphatic heterocycles. The van der Waals surface area contributed by atoms with Crippen molar-refractivity contribution in [2.75, 3.05) is 12.3 Å². The summed E-state index contributed by atoms with van der Waals surface area (Å²) in [6, 6.07) is -2.74. The molecule has 0 aliphatic carbocycles. The number of thioether (sulfide) groups is 1. The molecule has 0 aromatic carbocycles. The summed E-state index contributed by atoms with van der Waals surface area (Å²) < 4.78 is 0. The Morgan fingerprint density at radius 1 is 1.06 bits per heavy atom. The summed E-state index contributed by atoms with van der Waals surface area (Å²) in [6.07, 6.45) is 2.77. The van der Waals surface area contributed by atoms with Crippen molar-refractivity contribution >= 4 is 47.3 Å². The van der Waals surface area contributed by atoms with Gasteiger partial charge in [-0.1, -0.05) is 6.42 Å². The highest BCUT2D eigenvalue weighted by atomic mass is 32.2. The number of aliphatic carboxylic acids is 2. The maximum Gasteiger partial charge on any atom is 0.341 e. The summed E-state index contributed by atoms with van der Waals surface area (Å²) in [5, 5.41) is 34.7. The number of rotatable bonds is 16. The topological polar surface area (TPSA) is 207 Å².